The maximum atomic E-state index is 13.7. The van der Waals surface area contributed by atoms with Crippen molar-refractivity contribution in [2.24, 2.45) is 0 Å². The lowest BCUT2D eigenvalue weighted by Crippen LogP contribution is -2.19. The maximum Gasteiger partial charge on any atom is 0.256 e. The summed E-state index contributed by atoms with van der Waals surface area (Å²) in [4.78, 5) is 16.6. The van der Waals surface area contributed by atoms with E-state index in [4.69, 9.17) is 11.6 Å². The van der Waals surface area contributed by atoms with Crippen molar-refractivity contribution in [2.75, 3.05) is 11.9 Å². The lowest BCUT2D eigenvalue weighted by molar-refractivity contribution is 0.102. The van der Waals surface area contributed by atoms with Gasteiger partial charge >= 0.3 is 0 Å². The molecule has 0 saturated carbocycles. The molecule has 2 N–H and O–H groups in total. The van der Waals surface area contributed by atoms with Gasteiger partial charge in [-0.15, -0.1) is 0 Å². The van der Waals surface area contributed by atoms with Crippen molar-refractivity contribution >= 4 is 23.2 Å². The zero-order valence-corrected chi connectivity index (χ0v) is 14.2. The fourth-order valence-corrected chi connectivity index (χ4v) is 2.66. The Balaban J connectivity index is 2.45. The Bertz CT molecular complexity index is 772. The van der Waals surface area contributed by atoms with E-state index in [1.165, 1.54) is 18.3 Å². The number of hydrogen-bond acceptors (Lipinski definition) is 3. The van der Waals surface area contributed by atoms with Gasteiger partial charge in [0.25, 0.3) is 5.91 Å². The molecule has 0 saturated heterocycles. The normalized spacial score (nSPS) is 11.9. The number of aliphatic hydroxyl groups is 1. The molecule has 4 nitrogen and oxygen atoms in total. The van der Waals surface area contributed by atoms with Crippen LogP contribution in [0.25, 0.3) is 0 Å². The minimum atomic E-state index is -0.545. The SMILES string of the molecule is C=C(C)C(CO)c1ccc(F)cc1C(=O)Nc1c(C)ccnc1Cl. The molecular formula is C18H18ClFN2O2. The van der Waals surface area contributed by atoms with Crippen molar-refractivity contribution in [3.8, 4) is 0 Å². The van der Waals surface area contributed by atoms with E-state index in [0.717, 1.165) is 11.6 Å². The third kappa shape index (κ3) is 3.80. The van der Waals surface area contributed by atoms with Crippen LogP contribution in [0.3, 0.4) is 0 Å². The smallest absolute Gasteiger partial charge is 0.256 e. The molecule has 6 heteroatoms. The van der Waals surface area contributed by atoms with E-state index in [2.05, 4.69) is 16.9 Å². The number of nitrogens with zero attached hydrogens (tertiary/aromatic N) is 1. The molecule has 0 bridgehead atoms. The number of aliphatic hydroxyl groups excluding tert-OH is 1. The first kappa shape index (κ1) is 18.1. The Morgan fingerprint density at radius 3 is 2.75 bits per heavy atom. The van der Waals surface area contributed by atoms with E-state index in [9.17, 15) is 14.3 Å². The number of carbonyl (C=O) groups is 1. The van der Waals surface area contributed by atoms with Crippen molar-refractivity contribution in [3.63, 3.8) is 0 Å². The van der Waals surface area contributed by atoms with Crippen LogP contribution >= 0.6 is 11.6 Å². The van der Waals surface area contributed by atoms with Gasteiger partial charge in [-0.1, -0.05) is 29.8 Å². The standard InChI is InChI=1S/C18H18ClFN2O2/c1-10(2)15(9-23)13-5-4-12(20)8-14(13)18(24)22-16-11(3)6-7-21-17(16)19/h4-8,15,23H,1,9H2,2-3H3,(H,22,24). The van der Waals surface area contributed by atoms with Crippen molar-refractivity contribution in [2.45, 2.75) is 19.8 Å². The van der Waals surface area contributed by atoms with Crippen LogP contribution < -0.4 is 5.32 Å². The van der Waals surface area contributed by atoms with Gasteiger partial charge in [-0.05, 0) is 43.2 Å². The molecule has 0 radical (unpaired) electrons. The van der Waals surface area contributed by atoms with Gasteiger partial charge in [0.1, 0.15) is 5.82 Å². The monoisotopic (exact) mass is 348 g/mol. The average molecular weight is 349 g/mol. The molecule has 2 aromatic rings. The first-order chi connectivity index (χ1) is 11.3. The van der Waals surface area contributed by atoms with Gasteiger partial charge in [-0.2, -0.15) is 0 Å². The molecule has 0 fully saturated rings. The molecule has 0 aliphatic carbocycles. The van der Waals surface area contributed by atoms with E-state index >= 15 is 0 Å². The Morgan fingerprint density at radius 2 is 2.17 bits per heavy atom. The zero-order chi connectivity index (χ0) is 17.9. The number of pyridine rings is 1. The fraction of sp³-hybridized carbons (Fsp3) is 0.222. The number of hydrogen-bond donors (Lipinski definition) is 2. The predicted octanol–water partition coefficient (Wildman–Crippen LogP) is 4.09. The highest BCUT2D eigenvalue weighted by Crippen LogP contribution is 2.29. The molecule has 1 aromatic carbocycles. The summed E-state index contributed by atoms with van der Waals surface area (Å²) in [5, 5.41) is 12.4. The van der Waals surface area contributed by atoms with E-state index in [1.807, 2.05) is 0 Å². The van der Waals surface area contributed by atoms with Crippen LogP contribution in [0.1, 0.15) is 34.3 Å². The second kappa shape index (κ2) is 7.55. The summed E-state index contributed by atoms with van der Waals surface area (Å²) < 4.78 is 13.7. The quantitative estimate of drug-likeness (QED) is 0.632. The molecule has 1 amide bonds. The number of nitrogens with one attached hydrogen (secondary N) is 1. The fourth-order valence-electron chi connectivity index (χ4n) is 2.40. The van der Waals surface area contributed by atoms with E-state index in [0.29, 0.717) is 16.8 Å². The third-order valence-corrected chi connectivity index (χ3v) is 4.05. The van der Waals surface area contributed by atoms with Crippen LogP contribution in [0.5, 0.6) is 0 Å². The van der Waals surface area contributed by atoms with Gasteiger partial charge in [0.2, 0.25) is 0 Å². The number of aryl methyl sites for hydroxylation is 1. The number of halogens is 2. The van der Waals surface area contributed by atoms with Gasteiger partial charge in [0, 0.05) is 17.7 Å². The Morgan fingerprint density at radius 1 is 1.46 bits per heavy atom. The van der Waals surface area contributed by atoms with Gasteiger partial charge < -0.3 is 10.4 Å². The van der Waals surface area contributed by atoms with Crippen LogP contribution in [0.4, 0.5) is 10.1 Å². The molecule has 0 spiro atoms. The third-order valence-electron chi connectivity index (χ3n) is 3.76. The van der Waals surface area contributed by atoms with Crippen LogP contribution in [0.15, 0.2) is 42.6 Å². The Kier molecular flexibility index (Phi) is 5.70. The molecule has 0 aliphatic heterocycles. The summed E-state index contributed by atoms with van der Waals surface area (Å²) in [6, 6.07) is 5.58. The van der Waals surface area contributed by atoms with Crippen LogP contribution in [-0.4, -0.2) is 22.6 Å². The number of anilines is 1. The molecule has 24 heavy (non-hydrogen) atoms. The van der Waals surface area contributed by atoms with E-state index < -0.39 is 17.6 Å². The molecule has 1 aromatic heterocycles. The van der Waals surface area contributed by atoms with Crippen molar-refractivity contribution in [1.29, 1.82) is 0 Å². The van der Waals surface area contributed by atoms with Crippen molar-refractivity contribution < 1.29 is 14.3 Å². The van der Waals surface area contributed by atoms with Gasteiger partial charge in [0.15, 0.2) is 5.15 Å². The lowest BCUT2D eigenvalue weighted by atomic mass is 9.89. The topological polar surface area (TPSA) is 62.2 Å². The summed E-state index contributed by atoms with van der Waals surface area (Å²) in [6.07, 6.45) is 1.53. The highest BCUT2D eigenvalue weighted by atomic mass is 35.5. The summed E-state index contributed by atoms with van der Waals surface area (Å²) in [7, 11) is 0. The predicted molar refractivity (Wildman–Crippen MR) is 93.0 cm³/mol. The molecule has 1 heterocycles. The zero-order valence-electron chi connectivity index (χ0n) is 13.4. The largest absolute Gasteiger partial charge is 0.395 e. The summed E-state index contributed by atoms with van der Waals surface area (Å²) in [5.74, 6) is -1.53. The summed E-state index contributed by atoms with van der Waals surface area (Å²) in [6.45, 7) is 7.11. The number of carbonyl (C=O) groups excluding carboxylic acids is 1. The number of amides is 1. The molecule has 0 aliphatic rings. The van der Waals surface area contributed by atoms with Crippen LogP contribution in [0.2, 0.25) is 5.15 Å². The van der Waals surface area contributed by atoms with Crippen LogP contribution in [0, 0.1) is 12.7 Å². The molecule has 126 valence electrons. The first-order valence-corrected chi connectivity index (χ1v) is 7.71. The number of rotatable bonds is 5. The molecule has 2 rings (SSSR count). The van der Waals surface area contributed by atoms with Gasteiger partial charge in [-0.3, -0.25) is 4.79 Å². The van der Waals surface area contributed by atoms with E-state index in [-0.39, 0.29) is 17.3 Å². The molecule has 1 unspecified atom stereocenters. The Labute approximate surface area is 145 Å². The Hall–Kier alpha value is -2.24. The molecule has 1 atom stereocenters. The molecular weight excluding hydrogens is 331 g/mol. The summed E-state index contributed by atoms with van der Waals surface area (Å²) >= 11 is 6.02. The highest BCUT2D eigenvalue weighted by molar-refractivity contribution is 6.32. The average Bonchev–Trinajstić information content (AvgIpc) is 2.52. The minimum Gasteiger partial charge on any atom is -0.395 e. The van der Waals surface area contributed by atoms with Gasteiger partial charge in [0.05, 0.1) is 12.3 Å². The summed E-state index contributed by atoms with van der Waals surface area (Å²) in [5.41, 5.74) is 2.40. The first-order valence-electron chi connectivity index (χ1n) is 7.33. The van der Waals surface area contributed by atoms with Crippen LogP contribution in [-0.2, 0) is 0 Å². The van der Waals surface area contributed by atoms with Gasteiger partial charge in [-0.25, -0.2) is 9.37 Å². The number of benzene rings is 1. The van der Waals surface area contributed by atoms with E-state index in [1.54, 1.807) is 19.9 Å². The maximum absolute atomic E-state index is 13.7. The van der Waals surface area contributed by atoms with Crippen molar-refractivity contribution in [3.05, 3.63) is 70.3 Å². The number of aromatic nitrogens is 1. The highest BCUT2D eigenvalue weighted by Gasteiger charge is 2.21. The lowest BCUT2D eigenvalue weighted by Gasteiger charge is -2.19. The second-order valence-corrected chi connectivity index (χ2v) is 5.92. The second-order valence-electron chi connectivity index (χ2n) is 5.56. The van der Waals surface area contributed by atoms with Crippen molar-refractivity contribution in [1.82, 2.24) is 4.98 Å². The minimum absolute atomic E-state index is 0.122.